The molecule has 6 nitrogen and oxygen atoms in total. The number of piperazine rings is 1. The molecule has 1 fully saturated rings. The number of hydrogen-bond donors (Lipinski definition) is 1. The first kappa shape index (κ1) is 19.3. The lowest BCUT2D eigenvalue weighted by Gasteiger charge is -2.39. The van der Waals surface area contributed by atoms with Crippen molar-refractivity contribution in [2.75, 3.05) is 37.6 Å². The maximum absolute atomic E-state index is 13.1. The van der Waals surface area contributed by atoms with Gasteiger partial charge in [0, 0.05) is 45.3 Å². The van der Waals surface area contributed by atoms with Gasteiger partial charge >= 0.3 is 0 Å². The van der Waals surface area contributed by atoms with E-state index in [0.717, 1.165) is 30.8 Å². The van der Waals surface area contributed by atoms with Crippen molar-refractivity contribution >= 4 is 17.5 Å². The third kappa shape index (κ3) is 4.06. The van der Waals surface area contributed by atoms with Gasteiger partial charge in [-0.25, -0.2) is 0 Å². The third-order valence-electron chi connectivity index (χ3n) is 6.03. The van der Waals surface area contributed by atoms with Crippen molar-refractivity contribution in [3.8, 4) is 5.75 Å². The summed E-state index contributed by atoms with van der Waals surface area (Å²) < 4.78 is 0. The SMILES string of the molecule is CC(=O)N1CCc2ccccc2C1CC(=O)N1CCN(c2ccc(O)cc2)CC1. The monoisotopic (exact) mass is 393 g/mol. The van der Waals surface area contributed by atoms with Crippen molar-refractivity contribution in [2.24, 2.45) is 0 Å². The van der Waals surface area contributed by atoms with Gasteiger partial charge in [0.05, 0.1) is 12.5 Å². The Morgan fingerprint density at radius 1 is 0.966 bits per heavy atom. The van der Waals surface area contributed by atoms with Gasteiger partial charge in [-0.05, 0) is 41.8 Å². The van der Waals surface area contributed by atoms with Crippen LogP contribution in [0.1, 0.15) is 30.5 Å². The predicted molar refractivity (Wildman–Crippen MR) is 112 cm³/mol. The summed E-state index contributed by atoms with van der Waals surface area (Å²) in [5.41, 5.74) is 3.39. The highest BCUT2D eigenvalue weighted by Gasteiger charge is 2.32. The van der Waals surface area contributed by atoms with E-state index in [1.165, 1.54) is 5.56 Å². The zero-order valence-electron chi connectivity index (χ0n) is 16.8. The molecular formula is C23H27N3O3. The highest BCUT2D eigenvalue weighted by molar-refractivity contribution is 5.80. The lowest BCUT2D eigenvalue weighted by Crippen LogP contribution is -2.50. The molecule has 2 aliphatic rings. The zero-order valence-corrected chi connectivity index (χ0v) is 16.8. The van der Waals surface area contributed by atoms with Crippen LogP contribution >= 0.6 is 0 Å². The molecule has 2 heterocycles. The normalized spacial score (nSPS) is 19.1. The van der Waals surface area contributed by atoms with Gasteiger partial charge in [0.25, 0.3) is 0 Å². The van der Waals surface area contributed by atoms with Crippen LogP contribution in [0.4, 0.5) is 5.69 Å². The summed E-state index contributed by atoms with van der Waals surface area (Å²) in [6.07, 6.45) is 1.17. The van der Waals surface area contributed by atoms with Gasteiger partial charge in [0.1, 0.15) is 5.75 Å². The van der Waals surface area contributed by atoms with Gasteiger partial charge in [-0.15, -0.1) is 0 Å². The van der Waals surface area contributed by atoms with E-state index in [1.807, 2.05) is 40.1 Å². The number of benzene rings is 2. The molecule has 0 spiro atoms. The number of carbonyl (C=O) groups is 2. The first-order valence-corrected chi connectivity index (χ1v) is 10.2. The van der Waals surface area contributed by atoms with E-state index in [1.54, 1.807) is 19.1 Å². The van der Waals surface area contributed by atoms with Crippen LogP contribution in [0.15, 0.2) is 48.5 Å². The summed E-state index contributed by atoms with van der Waals surface area (Å²) in [6.45, 7) is 5.09. The second-order valence-corrected chi connectivity index (χ2v) is 7.77. The van der Waals surface area contributed by atoms with E-state index in [4.69, 9.17) is 0 Å². The van der Waals surface area contributed by atoms with Crippen LogP contribution in [0.25, 0.3) is 0 Å². The summed E-state index contributed by atoms with van der Waals surface area (Å²) in [5.74, 6) is 0.378. The Hall–Kier alpha value is -3.02. The van der Waals surface area contributed by atoms with E-state index >= 15 is 0 Å². The quantitative estimate of drug-likeness (QED) is 0.871. The standard InChI is InChI=1S/C23H27N3O3/c1-17(27)26-11-10-18-4-2-3-5-21(18)22(26)16-23(29)25-14-12-24(13-15-25)19-6-8-20(28)9-7-19/h2-9,22,28H,10-16H2,1H3. The molecule has 4 rings (SSSR count). The number of amides is 2. The summed E-state index contributed by atoms with van der Waals surface area (Å²) >= 11 is 0. The van der Waals surface area contributed by atoms with Crippen molar-refractivity contribution in [3.05, 3.63) is 59.7 Å². The second-order valence-electron chi connectivity index (χ2n) is 7.77. The molecule has 0 saturated carbocycles. The van der Waals surface area contributed by atoms with Gasteiger partial charge in [0.2, 0.25) is 11.8 Å². The van der Waals surface area contributed by atoms with Crippen molar-refractivity contribution < 1.29 is 14.7 Å². The highest BCUT2D eigenvalue weighted by Crippen LogP contribution is 2.33. The average molecular weight is 393 g/mol. The fourth-order valence-corrected chi connectivity index (χ4v) is 4.42. The smallest absolute Gasteiger partial charge is 0.225 e. The number of fused-ring (bicyclic) bond motifs is 1. The van der Waals surface area contributed by atoms with Crippen LogP contribution in [0.2, 0.25) is 0 Å². The lowest BCUT2D eigenvalue weighted by molar-refractivity contribution is -0.136. The topological polar surface area (TPSA) is 64.1 Å². The largest absolute Gasteiger partial charge is 0.508 e. The number of aromatic hydroxyl groups is 1. The van der Waals surface area contributed by atoms with E-state index < -0.39 is 0 Å². The Morgan fingerprint density at radius 3 is 2.34 bits per heavy atom. The first-order valence-electron chi connectivity index (χ1n) is 10.2. The molecule has 1 unspecified atom stereocenters. The fourth-order valence-electron chi connectivity index (χ4n) is 4.42. The molecule has 0 aromatic heterocycles. The van der Waals surface area contributed by atoms with Crippen LogP contribution in [0.5, 0.6) is 5.75 Å². The Morgan fingerprint density at radius 2 is 1.66 bits per heavy atom. The number of hydrogen-bond acceptors (Lipinski definition) is 4. The Kier molecular flexibility index (Phi) is 5.43. The number of carbonyl (C=O) groups excluding carboxylic acids is 2. The molecule has 1 saturated heterocycles. The number of phenolic OH excluding ortho intramolecular Hbond substituents is 1. The maximum atomic E-state index is 13.1. The van der Waals surface area contributed by atoms with Gasteiger partial charge in [-0.1, -0.05) is 24.3 Å². The zero-order chi connectivity index (χ0) is 20.4. The molecule has 1 atom stereocenters. The molecule has 29 heavy (non-hydrogen) atoms. The Labute approximate surface area is 171 Å². The Bertz CT molecular complexity index is 888. The number of nitrogens with zero attached hydrogens (tertiary/aromatic N) is 3. The number of rotatable bonds is 3. The fraction of sp³-hybridized carbons (Fsp3) is 0.391. The van der Waals surface area contributed by atoms with Crippen LogP contribution < -0.4 is 4.90 Å². The first-order chi connectivity index (χ1) is 14.0. The maximum Gasteiger partial charge on any atom is 0.225 e. The summed E-state index contributed by atoms with van der Waals surface area (Å²) in [7, 11) is 0. The molecule has 0 bridgehead atoms. The predicted octanol–water partition coefficient (Wildman–Crippen LogP) is 2.58. The summed E-state index contributed by atoms with van der Waals surface area (Å²) in [5, 5.41) is 9.46. The van der Waals surface area contributed by atoms with Crippen LogP contribution in [0.3, 0.4) is 0 Å². The molecule has 0 aliphatic carbocycles. The highest BCUT2D eigenvalue weighted by atomic mass is 16.3. The minimum absolute atomic E-state index is 0.0226. The molecular weight excluding hydrogens is 366 g/mol. The van der Waals surface area contributed by atoms with Crippen LogP contribution in [0, 0.1) is 0 Å². The average Bonchev–Trinajstić information content (AvgIpc) is 2.74. The molecule has 2 aromatic rings. The van der Waals surface area contributed by atoms with E-state index in [9.17, 15) is 14.7 Å². The van der Waals surface area contributed by atoms with Gasteiger partial charge in [-0.2, -0.15) is 0 Å². The minimum atomic E-state index is -0.180. The minimum Gasteiger partial charge on any atom is -0.508 e. The number of anilines is 1. The van der Waals surface area contributed by atoms with Crippen molar-refractivity contribution in [1.29, 1.82) is 0 Å². The number of phenols is 1. The Balaban J connectivity index is 1.42. The summed E-state index contributed by atoms with van der Waals surface area (Å²) in [6, 6.07) is 15.1. The van der Waals surface area contributed by atoms with Gasteiger partial charge < -0.3 is 19.8 Å². The lowest BCUT2D eigenvalue weighted by atomic mass is 9.90. The third-order valence-corrected chi connectivity index (χ3v) is 6.03. The molecule has 152 valence electrons. The molecule has 2 amide bonds. The van der Waals surface area contributed by atoms with Gasteiger partial charge in [-0.3, -0.25) is 9.59 Å². The second kappa shape index (κ2) is 8.15. The van der Waals surface area contributed by atoms with Crippen molar-refractivity contribution in [3.63, 3.8) is 0 Å². The summed E-state index contributed by atoms with van der Waals surface area (Å²) in [4.78, 5) is 31.2. The molecule has 1 N–H and O–H groups in total. The van der Waals surface area contributed by atoms with Crippen LogP contribution in [-0.2, 0) is 16.0 Å². The van der Waals surface area contributed by atoms with Crippen molar-refractivity contribution in [2.45, 2.75) is 25.8 Å². The van der Waals surface area contributed by atoms with Crippen molar-refractivity contribution in [1.82, 2.24) is 9.80 Å². The van der Waals surface area contributed by atoms with E-state index in [0.29, 0.717) is 26.1 Å². The molecule has 2 aromatic carbocycles. The molecule has 0 radical (unpaired) electrons. The van der Waals surface area contributed by atoms with Crippen LogP contribution in [-0.4, -0.2) is 59.4 Å². The van der Waals surface area contributed by atoms with Gasteiger partial charge in [0.15, 0.2) is 0 Å². The molecule has 6 heteroatoms. The molecule has 2 aliphatic heterocycles. The van der Waals surface area contributed by atoms with E-state index in [-0.39, 0.29) is 23.6 Å². The van der Waals surface area contributed by atoms with E-state index in [2.05, 4.69) is 11.0 Å².